The van der Waals surface area contributed by atoms with Gasteiger partial charge in [0.25, 0.3) is 0 Å². The van der Waals surface area contributed by atoms with E-state index in [2.05, 4.69) is 4.98 Å². The van der Waals surface area contributed by atoms with Crippen LogP contribution in [0.3, 0.4) is 0 Å². The van der Waals surface area contributed by atoms with Crippen LogP contribution < -0.4 is 0 Å². The quantitative estimate of drug-likeness (QED) is 0.798. The molecule has 1 aliphatic heterocycles. The first-order valence-corrected chi connectivity index (χ1v) is 8.24. The third kappa shape index (κ3) is 3.00. The largest absolute Gasteiger partial charge is 0.391 e. The molecule has 0 bridgehead atoms. The molecule has 5 nitrogen and oxygen atoms in total. The van der Waals surface area contributed by atoms with Crippen molar-refractivity contribution in [3.05, 3.63) is 66.2 Å². The van der Waals surface area contributed by atoms with Crippen LogP contribution in [0.25, 0.3) is 11.0 Å². The SMILES string of the molecule is O=C(Cn1cnc2ccccc21)N1C[C@H](O)C[C@H]1c1ccc(F)cc1. The van der Waals surface area contributed by atoms with Gasteiger partial charge in [0.1, 0.15) is 12.4 Å². The molecule has 1 aliphatic rings. The molecule has 1 aromatic heterocycles. The number of aliphatic hydroxyl groups is 1. The number of aromatic nitrogens is 2. The molecule has 128 valence electrons. The Morgan fingerprint density at radius 2 is 1.96 bits per heavy atom. The lowest BCUT2D eigenvalue weighted by molar-refractivity contribution is -0.133. The van der Waals surface area contributed by atoms with Crippen LogP contribution in [0.5, 0.6) is 0 Å². The fourth-order valence-electron chi connectivity index (χ4n) is 3.46. The lowest BCUT2D eigenvalue weighted by atomic mass is 10.0. The lowest BCUT2D eigenvalue weighted by Gasteiger charge is -2.25. The zero-order valence-electron chi connectivity index (χ0n) is 13.5. The molecule has 2 aromatic carbocycles. The van der Waals surface area contributed by atoms with Gasteiger partial charge in [-0.05, 0) is 36.2 Å². The highest BCUT2D eigenvalue weighted by Gasteiger charge is 2.35. The van der Waals surface area contributed by atoms with E-state index in [9.17, 15) is 14.3 Å². The molecule has 3 aromatic rings. The Balaban J connectivity index is 1.58. The number of halogens is 1. The van der Waals surface area contributed by atoms with Crippen molar-refractivity contribution >= 4 is 16.9 Å². The van der Waals surface area contributed by atoms with Crippen molar-refractivity contribution in [3.8, 4) is 0 Å². The molecule has 1 amide bonds. The average Bonchev–Trinajstić information content (AvgIpc) is 3.20. The molecule has 0 aliphatic carbocycles. The fraction of sp³-hybridized carbons (Fsp3) is 0.263. The summed E-state index contributed by atoms with van der Waals surface area (Å²) in [5.41, 5.74) is 2.57. The van der Waals surface area contributed by atoms with Crippen molar-refractivity contribution < 1.29 is 14.3 Å². The zero-order chi connectivity index (χ0) is 17.4. The molecule has 25 heavy (non-hydrogen) atoms. The van der Waals surface area contributed by atoms with E-state index in [4.69, 9.17) is 0 Å². The van der Waals surface area contributed by atoms with E-state index in [0.717, 1.165) is 16.6 Å². The number of nitrogens with zero attached hydrogens (tertiary/aromatic N) is 3. The maximum atomic E-state index is 13.2. The number of likely N-dealkylation sites (tertiary alicyclic amines) is 1. The predicted octanol–water partition coefficient (Wildman–Crippen LogP) is 2.51. The van der Waals surface area contributed by atoms with E-state index in [1.54, 1.807) is 23.4 Å². The Hall–Kier alpha value is -2.73. The van der Waals surface area contributed by atoms with E-state index < -0.39 is 6.10 Å². The van der Waals surface area contributed by atoms with Crippen molar-refractivity contribution in [2.24, 2.45) is 0 Å². The monoisotopic (exact) mass is 339 g/mol. The summed E-state index contributed by atoms with van der Waals surface area (Å²) in [7, 11) is 0. The third-order valence-electron chi connectivity index (χ3n) is 4.69. The molecule has 0 radical (unpaired) electrons. The molecule has 2 atom stereocenters. The molecule has 2 heterocycles. The standard InChI is InChI=1S/C19H18FN3O2/c20-14-7-5-13(6-8-14)18-9-15(24)10-23(18)19(25)11-22-12-21-16-3-1-2-4-17(16)22/h1-8,12,15,18,24H,9-11H2/t15-,18+/m1/s1. The predicted molar refractivity (Wildman–Crippen MR) is 91.2 cm³/mol. The molecule has 4 rings (SSSR count). The van der Waals surface area contributed by atoms with Crippen molar-refractivity contribution in [1.82, 2.24) is 14.5 Å². The van der Waals surface area contributed by atoms with Crippen molar-refractivity contribution in [2.45, 2.75) is 25.1 Å². The number of β-amino-alcohol motifs (C(OH)–C–C–N with tert-alkyl or cyclic N) is 1. The molecule has 0 unspecified atom stereocenters. The minimum absolute atomic E-state index is 0.0889. The zero-order valence-corrected chi connectivity index (χ0v) is 13.5. The Labute approximate surface area is 144 Å². The van der Waals surface area contributed by atoms with Crippen LogP contribution >= 0.6 is 0 Å². The van der Waals surface area contributed by atoms with Gasteiger partial charge in [-0.3, -0.25) is 4.79 Å². The first-order chi connectivity index (χ1) is 12.1. The van der Waals surface area contributed by atoms with Gasteiger partial charge in [-0.2, -0.15) is 0 Å². The van der Waals surface area contributed by atoms with Gasteiger partial charge in [0, 0.05) is 6.54 Å². The van der Waals surface area contributed by atoms with Crippen LogP contribution in [-0.4, -0.2) is 38.1 Å². The van der Waals surface area contributed by atoms with Crippen LogP contribution in [0.4, 0.5) is 4.39 Å². The maximum Gasteiger partial charge on any atom is 0.243 e. The van der Waals surface area contributed by atoms with Crippen LogP contribution in [0, 0.1) is 5.82 Å². The third-order valence-corrected chi connectivity index (χ3v) is 4.69. The number of amides is 1. The number of benzene rings is 2. The average molecular weight is 339 g/mol. The Kier molecular flexibility index (Phi) is 3.97. The molecule has 0 saturated carbocycles. The van der Waals surface area contributed by atoms with E-state index in [0.29, 0.717) is 6.42 Å². The summed E-state index contributed by atoms with van der Waals surface area (Å²) in [5.74, 6) is -0.404. The second-order valence-corrected chi connectivity index (χ2v) is 6.36. The number of imidazole rings is 1. The minimum Gasteiger partial charge on any atom is -0.391 e. The first kappa shape index (κ1) is 15.8. The summed E-state index contributed by atoms with van der Waals surface area (Å²) in [5, 5.41) is 10.0. The number of aliphatic hydroxyl groups excluding tert-OH is 1. The first-order valence-electron chi connectivity index (χ1n) is 8.24. The molecule has 1 fully saturated rings. The number of para-hydroxylation sites is 2. The van der Waals surface area contributed by atoms with Crippen LogP contribution in [0.15, 0.2) is 54.9 Å². The normalized spacial score (nSPS) is 20.3. The van der Waals surface area contributed by atoms with Gasteiger partial charge >= 0.3 is 0 Å². The molecule has 1 N–H and O–H groups in total. The van der Waals surface area contributed by atoms with Gasteiger partial charge in [0.05, 0.1) is 29.5 Å². The van der Waals surface area contributed by atoms with Gasteiger partial charge in [0.2, 0.25) is 5.91 Å². The topological polar surface area (TPSA) is 58.4 Å². The van der Waals surface area contributed by atoms with E-state index in [1.807, 2.05) is 28.8 Å². The summed E-state index contributed by atoms with van der Waals surface area (Å²) in [6.45, 7) is 0.443. The minimum atomic E-state index is -0.571. The van der Waals surface area contributed by atoms with Crippen LogP contribution in [0.2, 0.25) is 0 Å². The lowest BCUT2D eigenvalue weighted by Crippen LogP contribution is -2.34. The second-order valence-electron chi connectivity index (χ2n) is 6.36. The highest BCUT2D eigenvalue weighted by Crippen LogP contribution is 2.32. The van der Waals surface area contributed by atoms with Crippen molar-refractivity contribution in [1.29, 1.82) is 0 Å². The molecular weight excluding hydrogens is 321 g/mol. The number of hydrogen-bond acceptors (Lipinski definition) is 3. The fourth-order valence-corrected chi connectivity index (χ4v) is 3.46. The number of fused-ring (bicyclic) bond motifs is 1. The highest BCUT2D eigenvalue weighted by molar-refractivity contribution is 5.81. The van der Waals surface area contributed by atoms with E-state index in [1.165, 1.54) is 12.1 Å². The second kappa shape index (κ2) is 6.29. The highest BCUT2D eigenvalue weighted by atomic mass is 19.1. The molecule has 1 saturated heterocycles. The van der Waals surface area contributed by atoms with E-state index >= 15 is 0 Å². The maximum absolute atomic E-state index is 13.2. The number of hydrogen-bond donors (Lipinski definition) is 1. The summed E-state index contributed by atoms with van der Waals surface area (Å²) in [4.78, 5) is 18.8. The van der Waals surface area contributed by atoms with Crippen molar-refractivity contribution in [2.75, 3.05) is 6.54 Å². The summed E-state index contributed by atoms with van der Waals surface area (Å²) in [6.07, 6.45) is 1.54. The Morgan fingerprint density at radius 3 is 2.76 bits per heavy atom. The Bertz CT molecular complexity index is 906. The number of rotatable bonds is 3. The van der Waals surface area contributed by atoms with Crippen LogP contribution in [0.1, 0.15) is 18.0 Å². The Morgan fingerprint density at radius 1 is 1.20 bits per heavy atom. The number of carbonyl (C=O) groups is 1. The molecular formula is C19H18FN3O2. The summed E-state index contributed by atoms with van der Waals surface area (Å²) >= 11 is 0. The smallest absolute Gasteiger partial charge is 0.243 e. The van der Waals surface area contributed by atoms with Gasteiger partial charge in [-0.1, -0.05) is 24.3 Å². The summed E-state index contributed by atoms with van der Waals surface area (Å²) in [6, 6.07) is 13.5. The number of carbonyl (C=O) groups excluding carboxylic acids is 1. The molecule has 0 spiro atoms. The van der Waals surface area contributed by atoms with Gasteiger partial charge in [-0.25, -0.2) is 9.37 Å². The van der Waals surface area contributed by atoms with Gasteiger partial charge < -0.3 is 14.6 Å². The molecule has 6 heteroatoms. The van der Waals surface area contributed by atoms with Crippen LogP contribution in [-0.2, 0) is 11.3 Å². The van der Waals surface area contributed by atoms with Crippen molar-refractivity contribution in [3.63, 3.8) is 0 Å². The summed E-state index contributed by atoms with van der Waals surface area (Å²) < 4.78 is 15.0. The van der Waals surface area contributed by atoms with Gasteiger partial charge in [0.15, 0.2) is 0 Å². The van der Waals surface area contributed by atoms with Gasteiger partial charge in [-0.15, -0.1) is 0 Å². The van der Waals surface area contributed by atoms with E-state index in [-0.39, 0.29) is 30.9 Å².